The Bertz CT molecular complexity index is 664. The van der Waals surface area contributed by atoms with Gasteiger partial charge in [-0.15, -0.1) is 0 Å². The molecule has 0 radical (unpaired) electrons. The van der Waals surface area contributed by atoms with Crippen LogP contribution in [0.1, 0.15) is 87.0 Å². The third-order valence-electron chi connectivity index (χ3n) is 5.80. The smallest absolute Gasteiger partial charge is 0.193 e. The van der Waals surface area contributed by atoms with E-state index in [-0.39, 0.29) is 23.4 Å². The molecule has 1 aliphatic heterocycles. The summed E-state index contributed by atoms with van der Waals surface area (Å²) in [6.07, 6.45) is 10.8. The zero-order valence-corrected chi connectivity index (χ0v) is 21.9. The monoisotopic (exact) mass is 432 g/mol. The molecule has 2 unspecified atom stereocenters. The number of hydrogen-bond donors (Lipinski definition) is 0. The van der Waals surface area contributed by atoms with E-state index in [4.69, 9.17) is 13.9 Å². The van der Waals surface area contributed by atoms with Gasteiger partial charge in [0.15, 0.2) is 20.2 Å². The minimum absolute atomic E-state index is 0.0730. The molecule has 1 aliphatic rings. The number of ether oxygens (including phenoxy) is 2. The van der Waals surface area contributed by atoms with Crippen molar-refractivity contribution in [3.63, 3.8) is 0 Å². The summed E-state index contributed by atoms with van der Waals surface area (Å²) in [4.78, 5) is 0. The highest BCUT2D eigenvalue weighted by Gasteiger charge is 2.39. The van der Waals surface area contributed by atoms with Gasteiger partial charge in [-0.2, -0.15) is 0 Å². The fourth-order valence-corrected chi connectivity index (χ4v) is 4.22. The third kappa shape index (κ3) is 9.40. The largest absolute Gasteiger partial charge is 0.403 e. The fourth-order valence-electron chi connectivity index (χ4n) is 2.93. The van der Waals surface area contributed by atoms with Crippen LogP contribution in [0.2, 0.25) is 18.1 Å². The lowest BCUT2D eigenvalue weighted by molar-refractivity contribution is -0.138. The first-order valence-electron chi connectivity index (χ1n) is 11.6. The van der Waals surface area contributed by atoms with Gasteiger partial charge in [-0.3, -0.25) is 0 Å². The molecule has 1 fully saturated rings. The summed E-state index contributed by atoms with van der Waals surface area (Å²) in [5.74, 6) is 11.7. The summed E-state index contributed by atoms with van der Waals surface area (Å²) in [6, 6.07) is 0. The average Bonchev–Trinajstić information content (AvgIpc) is 2.93. The van der Waals surface area contributed by atoms with Crippen molar-refractivity contribution in [2.45, 2.75) is 129 Å². The Morgan fingerprint density at radius 1 is 1.07 bits per heavy atom. The van der Waals surface area contributed by atoms with Crippen LogP contribution < -0.4 is 0 Å². The van der Waals surface area contributed by atoms with Gasteiger partial charge in [0.25, 0.3) is 0 Å². The van der Waals surface area contributed by atoms with Crippen molar-refractivity contribution in [3.05, 3.63) is 12.2 Å². The molecule has 0 saturated carbocycles. The Morgan fingerprint density at radius 3 is 2.37 bits per heavy atom. The molecule has 0 spiro atoms. The second kappa shape index (κ2) is 12.1. The topological polar surface area (TPSA) is 27.7 Å². The van der Waals surface area contributed by atoms with E-state index >= 15 is 0 Å². The third-order valence-corrected chi connectivity index (χ3v) is 10.3. The molecule has 0 aromatic heterocycles. The van der Waals surface area contributed by atoms with Crippen LogP contribution in [0.15, 0.2) is 12.2 Å². The maximum absolute atomic E-state index is 6.40. The van der Waals surface area contributed by atoms with Crippen LogP contribution >= 0.6 is 0 Å². The molecule has 0 aromatic rings. The second-order valence-corrected chi connectivity index (χ2v) is 14.9. The number of allylic oxidation sites excluding steroid dienone is 1. The van der Waals surface area contributed by atoms with Crippen molar-refractivity contribution in [2.24, 2.45) is 0 Å². The first-order chi connectivity index (χ1) is 13.9. The Balaban J connectivity index is 2.73. The lowest BCUT2D eigenvalue weighted by Gasteiger charge is -2.37. The van der Waals surface area contributed by atoms with Crippen molar-refractivity contribution >= 4 is 8.32 Å². The first kappa shape index (κ1) is 27.0. The van der Waals surface area contributed by atoms with Gasteiger partial charge in [-0.1, -0.05) is 77.9 Å². The molecule has 0 amide bonds. The minimum Gasteiger partial charge on any atom is -0.403 e. The van der Waals surface area contributed by atoms with Crippen LogP contribution in [0.3, 0.4) is 0 Å². The highest BCUT2D eigenvalue weighted by molar-refractivity contribution is 6.74. The van der Waals surface area contributed by atoms with Crippen molar-refractivity contribution in [1.29, 1.82) is 0 Å². The predicted molar refractivity (Wildman–Crippen MR) is 130 cm³/mol. The Morgan fingerprint density at radius 2 is 1.77 bits per heavy atom. The molecule has 30 heavy (non-hydrogen) atoms. The molecule has 3 nitrogen and oxygen atoms in total. The zero-order chi connectivity index (χ0) is 22.8. The molecule has 0 aromatic carbocycles. The van der Waals surface area contributed by atoms with Gasteiger partial charge < -0.3 is 13.9 Å². The molecule has 0 bridgehead atoms. The molecule has 1 rings (SSSR count). The highest BCUT2D eigenvalue weighted by atomic mass is 28.4. The van der Waals surface area contributed by atoms with Crippen LogP contribution in [-0.2, 0) is 13.9 Å². The van der Waals surface area contributed by atoms with E-state index in [1.54, 1.807) is 0 Å². The van der Waals surface area contributed by atoms with E-state index in [1.165, 1.54) is 25.7 Å². The molecule has 1 heterocycles. The summed E-state index contributed by atoms with van der Waals surface area (Å²) in [5, 5.41) is 0.171. The molecular weight excluding hydrogens is 388 g/mol. The molecule has 1 saturated heterocycles. The molecule has 4 heteroatoms. The summed E-state index contributed by atoms with van der Waals surface area (Å²) < 4.78 is 18.4. The predicted octanol–water partition coefficient (Wildman–Crippen LogP) is 6.84. The van der Waals surface area contributed by atoms with Gasteiger partial charge >= 0.3 is 0 Å². The van der Waals surface area contributed by atoms with E-state index in [9.17, 15) is 0 Å². The molecule has 0 N–H and O–H groups in total. The summed E-state index contributed by atoms with van der Waals surface area (Å²) in [6.45, 7) is 19.5. The van der Waals surface area contributed by atoms with Gasteiger partial charge in [0, 0.05) is 0 Å². The Labute approximate surface area is 187 Å². The highest BCUT2D eigenvalue weighted by Crippen LogP contribution is 2.37. The van der Waals surface area contributed by atoms with Crippen LogP contribution in [0.25, 0.3) is 0 Å². The molecule has 3 atom stereocenters. The van der Waals surface area contributed by atoms with Gasteiger partial charge in [0.05, 0.1) is 0 Å². The quantitative estimate of drug-likeness (QED) is 0.173. The van der Waals surface area contributed by atoms with Gasteiger partial charge in [0.1, 0.15) is 12.2 Å². The van der Waals surface area contributed by atoms with Crippen LogP contribution in [0, 0.1) is 23.7 Å². The second-order valence-electron chi connectivity index (χ2n) is 10.1. The number of hydrogen-bond acceptors (Lipinski definition) is 3. The van der Waals surface area contributed by atoms with E-state index in [1.807, 2.05) is 13.8 Å². The average molecular weight is 433 g/mol. The van der Waals surface area contributed by atoms with Crippen LogP contribution in [0.5, 0.6) is 0 Å². The first-order valence-corrected chi connectivity index (χ1v) is 14.5. The lowest BCUT2D eigenvalue weighted by Crippen LogP contribution is -2.43. The van der Waals surface area contributed by atoms with E-state index in [2.05, 4.69) is 83.5 Å². The van der Waals surface area contributed by atoms with E-state index in [0.29, 0.717) is 0 Å². The van der Waals surface area contributed by atoms with E-state index < -0.39 is 14.1 Å². The normalized spacial score (nSPS) is 22.3. The maximum Gasteiger partial charge on any atom is 0.193 e. The Kier molecular flexibility index (Phi) is 10.9. The van der Waals surface area contributed by atoms with Gasteiger partial charge in [-0.25, -0.2) is 0 Å². The van der Waals surface area contributed by atoms with Crippen LogP contribution in [0.4, 0.5) is 0 Å². The van der Waals surface area contributed by atoms with Gasteiger partial charge in [0.2, 0.25) is 0 Å². The zero-order valence-electron chi connectivity index (χ0n) is 20.9. The number of rotatable bonds is 9. The Hall–Kier alpha value is -1.04. The lowest BCUT2D eigenvalue weighted by atomic mass is 10.1. The molecule has 0 aliphatic carbocycles. The van der Waals surface area contributed by atoms with Gasteiger partial charge in [-0.05, 0) is 63.1 Å². The SMILES string of the molecule is CCCCCC/C=C/C1OC(C)(C)OC1C#CC#C[C@H](CC)O[Si](C)(C)C(C)(C)C. The summed E-state index contributed by atoms with van der Waals surface area (Å²) in [5.41, 5.74) is 0. The van der Waals surface area contributed by atoms with E-state index in [0.717, 1.165) is 12.8 Å². The van der Waals surface area contributed by atoms with Crippen molar-refractivity contribution in [3.8, 4) is 23.7 Å². The van der Waals surface area contributed by atoms with Crippen molar-refractivity contribution < 1.29 is 13.9 Å². The maximum atomic E-state index is 6.40. The van der Waals surface area contributed by atoms with Crippen molar-refractivity contribution in [2.75, 3.05) is 0 Å². The number of unbranched alkanes of at least 4 members (excludes halogenated alkanes) is 4. The molecule has 170 valence electrons. The fraction of sp³-hybridized carbons (Fsp3) is 0.769. The summed E-state index contributed by atoms with van der Waals surface area (Å²) >= 11 is 0. The minimum atomic E-state index is -1.84. The summed E-state index contributed by atoms with van der Waals surface area (Å²) in [7, 11) is -1.84. The van der Waals surface area contributed by atoms with Crippen LogP contribution in [-0.4, -0.2) is 32.4 Å². The molecular formula is C26H44O3Si. The van der Waals surface area contributed by atoms with Crippen molar-refractivity contribution in [1.82, 2.24) is 0 Å². The standard InChI is InChI=1S/C26H44O3Si/c1-10-12-13-14-15-16-20-23-24(28-26(6,7)27-23)21-18-17-19-22(11-2)29-30(8,9)25(3,4)5/h16,20,22-24H,10-15H2,1-9H3/b20-16+/t22-,23?,24?/m0/s1.